The van der Waals surface area contributed by atoms with E-state index in [2.05, 4.69) is 46.8 Å². The van der Waals surface area contributed by atoms with Crippen LogP contribution in [-0.2, 0) is 0 Å². The maximum atomic E-state index is 5.29. The highest BCUT2D eigenvalue weighted by molar-refractivity contribution is 7.80. The smallest absolute Gasteiger partial charge is 0.191 e. The molecular weight excluding hydrogens is 304 g/mol. The lowest BCUT2D eigenvalue weighted by Gasteiger charge is -2.11. The summed E-state index contributed by atoms with van der Waals surface area (Å²) in [6, 6.07) is 14.2. The molecule has 0 saturated heterocycles. The molecule has 1 aromatic heterocycles. The Morgan fingerprint density at radius 2 is 1.96 bits per heavy atom. The summed E-state index contributed by atoms with van der Waals surface area (Å²) in [7, 11) is 0. The maximum Gasteiger partial charge on any atom is 0.191 e. The lowest BCUT2D eigenvalue weighted by molar-refractivity contribution is 1.05. The van der Waals surface area contributed by atoms with Crippen molar-refractivity contribution < 1.29 is 0 Å². The number of rotatable bonds is 3. The molecule has 0 unspecified atom stereocenters. The predicted octanol–water partition coefficient (Wildman–Crippen LogP) is 4.11. The Morgan fingerprint density at radius 1 is 1.13 bits per heavy atom. The van der Waals surface area contributed by atoms with Gasteiger partial charge in [0.15, 0.2) is 5.11 Å². The average molecular weight is 322 g/mol. The van der Waals surface area contributed by atoms with Crippen molar-refractivity contribution in [1.82, 2.24) is 10.4 Å². The van der Waals surface area contributed by atoms with Crippen molar-refractivity contribution in [3.63, 3.8) is 0 Å². The van der Waals surface area contributed by atoms with Gasteiger partial charge in [0.2, 0.25) is 0 Å². The van der Waals surface area contributed by atoms with Crippen LogP contribution in [0.15, 0.2) is 53.8 Å². The number of fused-ring (bicyclic) bond motifs is 1. The first kappa shape index (κ1) is 15.2. The molecular formula is C18H18N4S. The second-order valence-corrected chi connectivity index (χ2v) is 5.77. The predicted molar refractivity (Wildman–Crippen MR) is 101 cm³/mol. The highest BCUT2D eigenvalue weighted by Gasteiger charge is 2.02. The zero-order chi connectivity index (χ0) is 16.2. The topological polar surface area (TPSA) is 52.2 Å². The van der Waals surface area contributed by atoms with E-state index in [1.807, 2.05) is 36.5 Å². The number of anilines is 1. The zero-order valence-corrected chi connectivity index (χ0v) is 13.9. The van der Waals surface area contributed by atoms with Gasteiger partial charge in [-0.3, -0.25) is 5.43 Å². The average Bonchev–Trinajstić information content (AvgIpc) is 2.95. The van der Waals surface area contributed by atoms with Gasteiger partial charge in [0.1, 0.15) is 0 Å². The zero-order valence-electron chi connectivity index (χ0n) is 13.1. The van der Waals surface area contributed by atoms with Gasteiger partial charge >= 0.3 is 0 Å². The number of hydrogen-bond donors (Lipinski definition) is 3. The van der Waals surface area contributed by atoms with Crippen molar-refractivity contribution in [3.8, 4) is 0 Å². The molecule has 0 fully saturated rings. The van der Waals surface area contributed by atoms with Crippen molar-refractivity contribution in [2.24, 2.45) is 5.10 Å². The Balaban J connectivity index is 1.66. The van der Waals surface area contributed by atoms with E-state index in [1.165, 1.54) is 11.1 Å². The van der Waals surface area contributed by atoms with Crippen LogP contribution in [0.25, 0.3) is 10.9 Å². The molecule has 4 nitrogen and oxygen atoms in total. The van der Waals surface area contributed by atoms with Crippen LogP contribution >= 0.6 is 12.2 Å². The Morgan fingerprint density at radius 3 is 2.83 bits per heavy atom. The third kappa shape index (κ3) is 3.40. The quantitative estimate of drug-likeness (QED) is 0.386. The SMILES string of the molecule is Cc1cccc(NC(=S)NN=Cc2c[nH]c3ccccc23)c1C. The number of aromatic amines is 1. The van der Waals surface area contributed by atoms with E-state index in [1.54, 1.807) is 6.21 Å². The van der Waals surface area contributed by atoms with Gasteiger partial charge in [0.25, 0.3) is 0 Å². The first-order valence-electron chi connectivity index (χ1n) is 7.37. The molecule has 1 heterocycles. The first-order chi connectivity index (χ1) is 11.1. The molecule has 5 heteroatoms. The molecule has 0 saturated carbocycles. The summed E-state index contributed by atoms with van der Waals surface area (Å²) in [5.74, 6) is 0. The van der Waals surface area contributed by atoms with Crippen LogP contribution in [0.2, 0.25) is 0 Å². The van der Waals surface area contributed by atoms with Crippen molar-refractivity contribution >= 4 is 40.1 Å². The second-order valence-electron chi connectivity index (χ2n) is 5.36. The van der Waals surface area contributed by atoms with Crippen LogP contribution in [0.4, 0.5) is 5.69 Å². The van der Waals surface area contributed by atoms with Crippen LogP contribution in [0.5, 0.6) is 0 Å². The van der Waals surface area contributed by atoms with Crippen LogP contribution < -0.4 is 10.7 Å². The largest absolute Gasteiger partial charge is 0.361 e. The number of hydrazone groups is 1. The summed E-state index contributed by atoms with van der Waals surface area (Å²) in [5, 5.41) is 8.98. The normalized spacial score (nSPS) is 11.0. The van der Waals surface area contributed by atoms with Gasteiger partial charge in [-0.2, -0.15) is 5.10 Å². The Kier molecular flexibility index (Phi) is 4.39. The van der Waals surface area contributed by atoms with E-state index in [9.17, 15) is 0 Å². The number of benzene rings is 2. The monoisotopic (exact) mass is 322 g/mol. The summed E-state index contributed by atoms with van der Waals surface area (Å²) < 4.78 is 0. The third-order valence-electron chi connectivity index (χ3n) is 3.84. The minimum atomic E-state index is 0.467. The molecule has 0 aliphatic rings. The first-order valence-corrected chi connectivity index (χ1v) is 7.78. The van der Waals surface area contributed by atoms with E-state index in [4.69, 9.17) is 12.2 Å². The summed E-state index contributed by atoms with van der Waals surface area (Å²) >= 11 is 5.29. The van der Waals surface area contributed by atoms with Gasteiger partial charge in [0, 0.05) is 28.4 Å². The molecule has 0 atom stereocenters. The fourth-order valence-corrected chi connectivity index (χ4v) is 2.56. The Hall–Kier alpha value is -2.66. The fourth-order valence-electron chi connectivity index (χ4n) is 2.40. The molecule has 0 amide bonds. The van der Waals surface area contributed by atoms with Gasteiger partial charge in [-0.05, 0) is 49.3 Å². The van der Waals surface area contributed by atoms with Gasteiger partial charge in [-0.25, -0.2) is 0 Å². The highest BCUT2D eigenvalue weighted by atomic mass is 32.1. The highest BCUT2D eigenvalue weighted by Crippen LogP contribution is 2.18. The molecule has 2 aromatic carbocycles. The summed E-state index contributed by atoms with van der Waals surface area (Å²) in [6.45, 7) is 4.14. The number of nitrogens with one attached hydrogen (secondary N) is 3. The van der Waals surface area contributed by atoms with E-state index < -0.39 is 0 Å². The van der Waals surface area contributed by atoms with Crippen molar-refractivity contribution in [1.29, 1.82) is 0 Å². The van der Waals surface area contributed by atoms with Crippen molar-refractivity contribution in [2.45, 2.75) is 13.8 Å². The van der Waals surface area contributed by atoms with E-state index in [0.29, 0.717) is 5.11 Å². The Bertz CT molecular complexity index is 880. The van der Waals surface area contributed by atoms with Crippen LogP contribution in [0, 0.1) is 13.8 Å². The standard InChI is InChI=1S/C18H18N4S/c1-12-6-5-9-16(13(12)2)21-18(23)22-20-11-14-10-19-17-8-4-3-7-15(14)17/h3-11,19H,1-2H3,(H2,21,22,23). The number of H-pyrrole nitrogens is 1. The molecule has 0 aliphatic carbocycles. The molecule has 3 N–H and O–H groups in total. The summed E-state index contributed by atoms with van der Waals surface area (Å²) in [5.41, 5.74) is 8.35. The van der Waals surface area contributed by atoms with Gasteiger partial charge in [-0.15, -0.1) is 0 Å². The van der Waals surface area contributed by atoms with Crippen molar-refractivity contribution in [2.75, 3.05) is 5.32 Å². The third-order valence-corrected chi connectivity index (χ3v) is 4.04. The second kappa shape index (κ2) is 6.62. The molecule has 0 bridgehead atoms. The van der Waals surface area contributed by atoms with Crippen LogP contribution in [0.1, 0.15) is 16.7 Å². The molecule has 0 radical (unpaired) electrons. The Labute approximate surface area is 140 Å². The van der Waals surface area contributed by atoms with E-state index in [0.717, 1.165) is 22.2 Å². The number of thiocarbonyl (C=S) groups is 1. The molecule has 116 valence electrons. The summed E-state index contributed by atoms with van der Waals surface area (Å²) in [6.07, 6.45) is 3.69. The summed E-state index contributed by atoms with van der Waals surface area (Å²) in [4.78, 5) is 3.21. The van der Waals surface area contributed by atoms with Crippen LogP contribution in [-0.4, -0.2) is 16.3 Å². The minimum absolute atomic E-state index is 0.467. The molecule has 0 aliphatic heterocycles. The lowest BCUT2D eigenvalue weighted by Crippen LogP contribution is -2.24. The van der Waals surface area contributed by atoms with Crippen molar-refractivity contribution in [3.05, 3.63) is 65.4 Å². The van der Waals surface area contributed by atoms with E-state index >= 15 is 0 Å². The lowest BCUT2D eigenvalue weighted by atomic mass is 10.1. The number of hydrogen-bond acceptors (Lipinski definition) is 2. The number of nitrogens with zero attached hydrogens (tertiary/aromatic N) is 1. The van der Waals surface area contributed by atoms with E-state index in [-0.39, 0.29) is 0 Å². The molecule has 3 aromatic rings. The number of aryl methyl sites for hydroxylation is 1. The fraction of sp³-hybridized carbons (Fsp3) is 0.111. The number of aromatic nitrogens is 1. The molecule has 3 rings (SSSR count). The minimum Gasteiger partial charge on any atom is -0.361 e. The maximum absolute atomic E-state index is 5.29. The molecule has 23 heavy (non-hydrogen) atoms. The van der Waals surface area contributed by atoms with Gasteiger partial charge in [-0.1, -0.05) is 30.3 Å². The number of para-hydroxylation sites is 1. The van der Waals surface area contributed by atoms with Gasteiger partial charge in [0.05, 0.1) is 6.21 Å². The van der Waals surface area contributed by atoms with Gasteiger partial charge < -0.3 is 10.3 Å². The van der Waals surface area contributed by atoms with Crippen LogP contribution in [0.3, 0.4) is 0 Å². The molecule has 0 spiro atoms.